The Bertz CT molecular complexity index is 245. The molecule has 2 N–H and O–H groups in total. The predicted octanol–water partition coefficient (Wildman–Crippen LogP) is 3.50. The lowest BCUT2D eigenvalue weighted by Gasteiger charge is -2.24. The number of rotatable bonds is 3. The van der Waals surface area contributed by atoms with Crippen LogP contribution >= 0.6 is 0 Å². The number of hydrogen-bond donors (Lipinski definition) is 1. The first-order valence-electron chi connectivity index (χ1n) is 6.99. The summed E-state index contributed by atoms with van der Waals surface area (Å²) in [5.74, 6) is 1.55. The van der Waals surface area contributed by atoms with Gasteiger partial charge in [-0.2, -0.15) is 0 Å². The number of nitrogens with zero attached hydrogens (tertiary/aromatic N) is 1. The largest absolute Gasteiger partial charge is 0.387 e. The van der Waals surface area contributed by atoms with Crippen molar-refractivity contribution in [2.75, 3.05) is 6.54 Å². The van der Waals surface area contributed by atoms with E-state index in [4.69, 9.17) is 10.7 Å². The first-order valence-corrected chi connectivity index (χ1v) is 6.99. The molecule has 2 rings (SSSR count). The van der Waals surface area contributed by atoms with Crippen LogP contribution in [-0.2, 0) is 0 Å². The average molecular weight is 222 g/mol. The van der Waals surface area contributed by atoms with Gasteiger partial charge in [-0.25, -0.2) is 0 Å². The molecule has 2 aliphatic rings. The Labute approximate surface area is 99.7 Å². The minimum absolute atomic E-state index is 0.458. The van der Waals surface area contributed by atoms with E-state index in [1.807, 2.05) is 0 Å². The van der Waals surface area contributed by atoms with Gasteiger partial charge in [0.1, 0.15) is 0 Å². The minimum Gasteiger partial charge on any atom is -0.387 e. The second kappa shape index (κ2) is 5.20. The molecule has 2 heteroatoms. The van der Waals surface area contributed by atoms with E-state index < -0.39 is 0 Å². The fourth-order valence-electron chi connectivity index (χ4n) is 3.20. The van der Waals surface area contributed by atoms with Crippen molar-refractivity contribution in [3.05, 3.63) is 0 Å². The summed E-state index contributed by atoms with van der Waals surface area (Å²) in [6, 6.07) is 0. The van der Waals surface area contributed by atoms with E-state index in [2.05, 4.69) is 6.92 Å². The molecule has 0 heterocycles. The van der Waals surface area contributed by atoms with Gasteiger partial charge in [-0.05, 0) is 31.1 Å². The molecule has 0 amide bonds. The molecule has 0 atom stereocenters. The Morgan fingerprint density at radius 2 is 1.75 bits per heavy atom. The Kier molecular flexibility index (Phi) is 3.88. The van der Waals surface area contributed by atoms with Gasteiger partial charge in [0.2, 0.25) is 0 Å². The molecule has 0 aromatic rings. The second-order valence-electron chi connectivity index (χ2n) is 6.09. The molecule has 0 radical (unpaired) electrons. The third kappa shape index (κ3) is 2.99. The third-order valence-corrected chi connectivity index (χ3v) is 4.48. The molecule has 0 aromatic heterocycles. The quantitative estimate of drug-likeness (QED) is 0.576. The lowest BCUT2D eigenvalue weighted by molar-refractivity contribution is 0.349. The molecule has 2 nitrogen and oxygen atoms in total. The van der Waals surface area contributed by atoms with Crippen LogP contribution in [0.4, 0.5) is 0 Å². The van der Waals surface area contributed by atoms with Gasteiger partial charge in [0, 0.05) is 12.5 Å². The van der Waals surface area contributed by atoms with E-state index in [0.29, 0.717) is 11.3 Å². The van der Waals surface area contributed by atoms with Crippen LogP contribution in [0.3, 0.4) is 0 Å². The summed E-state index contributed by atoms with van der Waals surface area (Å²) in [6.07, 6.45) is 12.1. The van der Waals surface area contributed by atoms with E-state index in [-0.39, 0.29) is 0 Å². The van der Waals surface area contributed by atoms with Crippen LogP contribution in [0.15, 0.2) is 4.99 Å². The van der Waals surface area contributed by atoms with Gasteiger partial charge in [0.25, 0.3) is 0 Å². The number of aliphatic imine (C=N–C) groups is 1. The summed E-state index contributed by atoms with van der Waals surface area (Å²) in [5.41, 5.74) is 6.59. The minimum atomic E-state index is 0.458. The van der Waals surface area contributed by atoms with E-state index in [1.54, 1.807) is 0 Å². The smallest absolute Gasteiger partial charge is 0.0968 e. The summed E-state index contributed by atoms with van der Waals surface area (Å²) in [6.45, 7) is 3.34. The van der Waals surface area contributed by atoms with Crippen LogP contribution in [0.2, 0.25) is 0 Å². The summed E-state index contributed by atoms with van der Waals surface area (Å²) in [4.78, 5) is 4.70. The molecule has 0 bridgehead atoms. The van der Waals surface area contributed by atoms with Crippen molar-refractivity contribution in [1.29, 1.82) is 0 Å². The van der Waals surface area contributed by atoms with Crippen LogP contribution in [0.1, 0.15) is 64.7 Å². The zero-order valence-electron chi connectivity index (χ0n) is 10.7. The Hall–Kier alpha value is -0.530. The second-order valence-corrected chi connectivity index (χ2v) is 6.09. The molecule has 16 heavy (non-hydrogen) atoms. The molecule has 2 aliphatic carbocycles. The predicted molar refractivity (Wildman–Crippen MR) is 69.6 cm³/mol. The van der Waals surface area contributed by atoms with E-state index in [9.17, 15) is 0 Å². The highest BCUT2D eigenvalue weighted by Gasteiger charge is 2.28. The van der Waals surface area contributed by atoms with Crippen molar-refractivity contribution in [3.63, 3.8) is 0 Å². The van der Waals surface area contributed by atoms with Crippen molar-refractivity contribution < 1.29 is 0 Å². The molecule has 0 saturated heterocycles. The van der Waals surface area contributed by atoms with Crippen molar-refractivity contribution in [2.24, 2.45) is 22.1 Å². The SMILES string of the molecule is CC1(CN=C(N)C2CCCCC2)CCCC1. The van der Waals surface area contributed by atoms with E-state index in [1.165, 1.54) is 57.8 Å². The molecule has 0 aromatic carbocycles. The molecule has 0 aliphatic heterocycles. The number of amidine groups is 1. The Balaban J connectivity index is 1.85. The lowest BCUT2D eigenvalue weighted by Crippen LogP contribution is -2.28. The first kappa shape index (κ1) is 11.9. The topological polar surface area (TPSA) is 38.4 Å². The van der Waals surface area contributed by atoms with Crippen molar-refractivity contribution >= 4 is 5.84 Å². The average Bonchev–Trinajstić information content (AvgIpc) is 2.75. The summed E-state index contributed by atoms with van der Waals surface area (Å²) in [5, 5.41) is 0. The van der Waals surface area contributed by atoms with Gasteiger partial charge in [-0.3, -0.25) is 4.99 Å². The Morgan fingerprint density at radius 3 is 2.38 bits per heavy atom. The maximum Gasteiger partial charge on any atom is 0.0968 e. The van der Waals surface area contributed by atoms with Gasteiger partial charge < -0.3 is 5.73 Å². The van der Waals surface area contributed by atoms with Gasteiger partial charge in [0.05, 0.1) is 5.84 Å². The lowest BCUT2D eigenvalue weighted by atomic mass is 9.87. The molecular formula is C14H26N2. The zero-order chi connectivity index (χ0) is 11.4. The zero-order valence-corrected chi connectivity index (χ0v) is 10.7. The van der Waals surface area contributed by atoms with E-state index >= 15 is 0 Å². The van der Waals surface area contributed by atoms with E-state index in [0.717, 1.165) is 12.4 Å². The highest BCUT2D eigenvalue weighted by Crippen LogP contribution is 2.37. The summed E-state index contributed by atoms with van der Waals surface area (Å²) < 4.78 is 0. The maximum absolute atomic E-state index is 6.14. The van der Waals surface area contributed by atoms with Crippen LogP contribution in [-0.4, -0.2) is 12.4 Å². The normalized spacial score (nSPS) is 27.2. The molecule has 2 saturated carbocycles. The standard InChI is InChI=1S/C14H26N2/c1-14(9-5-6-10-14)11-16-13(15)12-7-3-2-4-8-12/h12H,2-11H2,1H3,(H2,15,16). The fraction of sp³-hybridized carbons (Fsp3) is 0.929. The van der Waals surface area contributed by atoms with Gasteiger partial charge in [-0.15, -0.1) is 0 Å². The molecular weight excluding hydrogens is 196 g/mol. The van der Waals surface area contributed by atoms with Crippen LogP contribution < -0.4 is 5.73 Å². The fourth-order valence-corrected chi connectivity index (χ4v) is 3.20. The molecule has 0 unspecified atom stereocenters. The number of nitrogens with two attached hydrogens (primary N) is 1. The van der Waals surface area contributed by atoms with Crippen LogP contribution in [0, 0.1) is 11.3 Å². The Morgan fingerprint density at radius 1 is 1.12 bits per heavy atom. The summed E-state index contributed by atoms with van der Waals surface area (Å²) in [7, 11) is 0. The molecule has 0 spiro atoms. The van der Waals surface area contributed by atoms with Crippen molar-refractivity contribution in [1.82, 2.24) is 0 Å². The third-order valence-electron chi connectivity index (χ3n) is 4.48. The van der Waals surface area contributed by atoms with Gasteiger partial charge in [-0.1, -0.05) is 39.0 Å². The number of hydrogen-bond acceptors (Lipinski definition) is 1. The summed E-state index contributed by atoms with van der Waals surface area (Å²) >= 11 is 0. The maximum atomic E-state index is 6.14. The molecule has 2 fully saturated rings. The first-order chi connectivity index (χ1) is 7.70. The van der Waals surface area contributed by atoms with Crippen LogP contribution in [0.25, 0.3) is 0 Å². The monoisotopic (exact) mass is 222 g/mol. The highest BCUT2D eigenvalue weighted by molar-refractivity contribution is 5.82. The van der Waals surface area contributed by atoms with Crippen molar-refractivity contribution in [2.45, 2.75) is 64.7 Å². The van der Waals surface area contributed by atoms with Crippen molar-refractivity contribution in [3.8, 4) is 0 Å². The van der Waals surface area contributed by atoms with Gasteiger partial charge >= 0.3 is 0 Å². The van der Waals surface area contributed by atoms with Crippen LogP contribution in [0.5, 0.6) is 0 Å². The highest BCUT2D eigenvalue weighted by atomic mass is 14.9. The molecule has 92 valence electrons. The van der Waals surface area contributed by atoms with Gasteiger partial charge in [0.15, 0.2) is 0 Å².